The molecule has 2 aliphatic carbocycles. The average Bonchev–Trinajstić information content (AvgIpc) is 3.20. The molecule has 4 atom stereocenters. The van der Waals surface area contributed by atoms with Crippen LogP contribution < -0.4 is 5.32 Å². The van der Waals surface area contributed by atoms with Crippen molar-refractivity contribution in [2.45, 2.75) is 45.6 Å². The quantitative estimate of drug-likeness (QED) is 0.869. The molecule has 0 aliphatic heterocycles. The van der Waals surface area contributed by atoms with Gasteiger partial charge in [0.1, 0.15) is 5.69 Å². The largest absolute Gasteiger partial charge is 0.348 e. The predicted molar refractivity (Wildman–Crippen MR) is 95.8 cm³/mol. The van der Waals surface area contributed by atoms with Gasteiger partial charge in [0.05, 0.1) is 15.7 Å². The number of aromatic nitrogens is 2. The Morgan fingerprint density at radius 3 is 2.83 bits per heavy atom. The molecule has 2 fully saturated rings. The number of imidazole rings is 1. The Morgan fingerprint density at radius 2 is 2.17 bits per heavy atom. The monoisotopic (exact) mass is 365 g/mol. The van der Waals surface area contributed by atoms with Crippen molar-refractivity contribution in [2.75, 3.05) is 0 Å². The first-order valence-corrected chi connectivity index (χ1v) is 9.34. The Bertz CT molecular complexity index is 816. The third kappa shape index (κ3) is 2.60. The highest BCUT2D eigenvalue weighted by Gasteiger charge is 2.42. The van der Waals surface area contributed by atoms with Crippen LogP contribution in [0.3, 0.4) is 0 Å². The topological polar surface area (TPSA) is 46.4 Å². The summed E-state index contributed by atoms with van der Waals surface area (Å²) in [4.78, 5) is 17.3. The van der Waals surface area contributed by atoms with Gasteiger partial charge in [-0.05, 0) is 56.9 Å². The first kappa shape index (κ1) is 16.2. The molecule has 4 nitrogen and oxygen atoms in total. The van der Waals surface area contributed by atoms with E-state index in [0.717, 1.165) is 11.8 Å². The summed E-state index contributed by atoms with van der Waals surface area (Å²) in [6, 6.07) is 1.82. The van der Waals surface area contributed by atoms with Crippen molar-refractivity contribution in [1.82, 2.24) is 14.7 Å². The zero-order valence-electron chi connectivity index (χ0n) is 13.9. The maximum absolute atomic E-state index is 12.9. The van der Waals surface area contributed by atoms with Gasteiger partial charge in [0, 0.05) is 12.2 Å². The van der Waals surface area contributed by atoms with Crippen molar-refractivity contribution in [2.24, 2.45) is 17.8 Å². The lowest BCUT2D eigenvalue weighted by atomic mass is 9.84. The number of hydrogen-bond acceptors (Lipinski definition) is 2. The Labute approximate surface area is 151 Å². The lowest BCUT2D eigenvalue weighted by Gasteiger charge is -2.28. The molecule has 0 saturated heterocycles. The van der Waals surface area contributed by atoms with Crippen LogP contribution in [0, 0.1) is 24.7 Å². The van der Waals surface area contributed by atoms with Gasteiger partial charge >= 0.3 is 0 Å². The van der Waals surface area contributed by atoms with Crippen molar-refractivity contribution < 1.29 is 4.79 Å². The highest BCUT2D eigenvalue weighted by Crippen LogP contribution is 2.49. The third-order valence-electron chi connectivity index (χ3n) is 5.82. The van der Waals surface area contributed by atoms with Crippen LogP contribution in [0.1, 0.15) is 48.8 Å². The van der Waals surface area contributed by atoms with E-state index in [1.165, 1.54) is 25.7 Å². The van der Waals surface area contributed by atoms with Crippen molar-refractivity contribution in [3.8, 4) is 0 Å². The first-order chi connectivity index (χ1) is 11.4. The Morgan fingerprint density at radius 1 is 1.38 bits per heavy atom. The normalized spacial score (nSPS) is 26.9. The Kier molecular flexibility index (Phi) is 4.00. The molecule has 4 unspecified atom stereocenters. The number of pyridine rings is 1. The Balaban J connectivity index is 1.60. The summed E-state index contributed by atoms with van der Waals surface area (Å²) in [6.07, 6.45) is 6.96. The van der Waals surface area contributed by atoms with E-state index in [1.54, 1.807) is 16.7 Å². The van der Waals surface area contributed by atoms with Gasteiger partial charge in [-0.2, -0.15) is 0 Å². The fraction of sp³-hybridized carbons (Fsp3) is 0.556. The molecular formula is C18H21Cl2N3O. The van der Waals surface area contributed by atoms with Crippen LogP contribution in [0.25, 0.3) is 5.65 Å². The number of carbonyl (C=O) groups excluding carboxylic acids is 1. The predicted octanol–water partition coefficient (Wildman–Crippen LogP) is 4.50. The molecule has 0 spiro atoms. The lowest BCUT2D eigenvalue weighted by Crippen LogP contribution is -2.40. The zero-order valence-corrected chi connectivity index (χ0v) is 15.4. The van der Waals surface area contributed by atoms with Gasteiger partial charge < -0.3 is 5.32 Å². The fourth-order valence-corrected chi connectivity index (χ4v) is 5.26. The molecule has 128 valence electrons. The number of amides is 1. The van der Waals surface area contributed by atoms with E-state index < -0.39 is 0 Å². The maximum atomic E-state index is 12.9. The SMILES string of the molecule is Cc1nc2c(Cl)cc(Cl)cn2c1C(=O)NC(C)C1CC2CCC1C2. The minimum Gasteiger partial charge on any atom is -0.348 e. The molecular weight excluding hydrogens is 345 g/mol. The van der Waals surface area contributed by atoms with Crippen LogP contribution in [0.5, 0.6) is 0 Å². The van der Waals surface area contributed by atoms with Gasteiger partial charge in [-0.1, -0.05) is 29.6 Å². The van der Waals surface area contributed by atoms with Crippen LogP contribution in [0.15, 0.2) is 12.3 Å². The van der Waals surface area contributed by atoms with Gasteiger partial charge in [-0.15, -0.1) is 0 Å². The minimum absolute atomic E-state index is 0.103. The number of hydrogen-bond donors (Lipinski definition) is 1. The molecule has 2 heterocycles. The molecule has 2 aliphatic rings. The van der Waals surface area contributed by atoms with E-state index in [2.05, 4.69) is 17.2 Å². The summed E-state index contributed by atoms with van der Waals surface area (Å²) >= 11 is 12.3. The van der Waals surface area contributed by atoms with Gasteiger partial charge in [-0.25, -0.2) is 4.98 Å². The standard InChI is InChI=1S/C18H21Cl2N3O/c1-9(14-6-11-3-4-12(14)5-11)22-18(24)16-10(2)21-17-15(20)7-13(19)8-23(16)17/h7-9,11-12,14H,3-6H2,1-2H3,(H,22,24). The molecule has 2 bridgehead atoms. The highest BCUT2D eigenvalue weighted by molar-refractivity contribution is 6.36. The molecule has 2 saturated carbocycles. The highest BCUT2D eigenvalue weighted by atomic mass is 35.5. The molecule has 24 heavy (non-hydrogen) atoms. The van der Waals surface area contributed by atoms with E-state index in [4.69, 9.17) is 23.2 Å². The van der Waals surface area contributed by atoms with Crippen LogP contribution in [-0.2, 0) is 0 Å². The number of rotatable bonds is 3. The number of fused-ring (bicyclic) bond motifs is 3. The minimum atomic E-state index is -0.103. The molecule has 1 amide bonds. The molecule has 1 N–H and O–H groups in total. The number of nitrogens with one attached hydrogen (secondary N) is 1. The molecule has 4 rings (SSSR count). The zero-order chi connectivity index (χ0) is 17.0. The summed E-state index contributed by atoms with van der Waals surface area (Å²) in [5, 5.41) is 4.13. The average molecular weight is 366 g/mol. The fourth-order valence-electron chi connectivity index (χ4n) is 4.75. The maximum Gasteiger partial charge on any atom is 0.270 e. The summed E-state index contributed by atoms with van der Waals surface area (Å²) < 4.78 is 1.70. The number of aryl methyl sites for hydroxylation is 1. The lowest BCUT2D eigenvalue weighted by molar-refractivity contribution is 0.0908. The number of halogens is 2. The van der Waals surface area contributed by atoms with Crippen molar-refractivity contribution >= 4 is 34.8 Å². The van der Waals surface area contributed by atoms with Crippen molar-refractivity contribution in [1.29, 1.82) is 0 Å². The van der Waals surface area contributed by atoms with E-state index in [1.807, 2.05) is 6.92 Å². The first-order valence-electron chi connectivity index (χ1n) is 8.58. The number of nitrogens with zero attached hydrogens (tertiary/aromatic N) is 2. The summed E-state index contributed by atoms with van der Waals surface area (Å²) in [5.41, 5.74) is 1.75. The summed E-state index contributed by atoms with van der Waals surface area (Å²) in [5.74, 6) is 2.14. The van der Waals surface area contributed by atoms with Crippen LogP contribution in [0.4, 0.5) is 0 Å². The molecule has 2 aromatic rings. The molecule has 6 heteroatoms. The second-order valence-corrected chi connectivity index (χ2v) is 8.19. The van der Waals surface area contributed by atoms with E-state index >= 15 is 0 Å². The third-order valence-corrected chi connectivity index (χ3v) is 6.31. The van der Waals surface area contributed by atoms with Gasteiger partial charge in [-0.3, -0.25) is 9.20 Å². The van der Waals surface area contributed by atoms with Crippen LogP contribution in [-0.4, -0.2) is 21.3 Å². The smallest absolute Gasteiger partial charge is 0.270 e. The van der Waals surface area contributed by atoms with Crippen molar-refractivity contribution in [3.05, 3.63) is 33.7 Å². The molecule has 0 radical (unpaired) electrons. The molecule has 2 aromatic heterocycles. The van der Waals surface area contributed by atoms with E-state index in [-0.39, 0.29) is 11.9 Å². The van der Waals surface area contributed by atoms with Gasteiger partial charge in [0.2, 0.25) is 0 Å². The second-order valence-electron chi connectivity index (χ2n) is 7.35. The van der Waals surface area contributed by atoms with Gasteiger partial charge in [0.15, 0.2) is 5.65 Å². The number of carbonyl (C=O) groups is 1. The van der Waals surface area contributed by atoms with Gasteiger partial charge in [0.25, 0.3) is 5.91 Å². The van der Waals surface area contributed by atoms with E-state index in [0.29, 0.717) is 33.0 Å². The molecule has 0 aromatic carbocycles. The summed E-state index contributed by atoms with van der Waals surface area (Å²) in [6.45, 7) is 3.95. The second kappa shape index (κ2) is 5.92. The van der Waals surface area contributed by atoms with Crippen LogP contribution >= 0.6 is 23.2 Å². The Hall–Kier alpha value is -1.26. The van der Waals surface area contributed by atoms with Crippen LogP contribution in [0.2, 0.25) is 10.0 Å². The van der Waals surface area contributed by atoms with E-state index in [9.17, 15) is 4.79 Å². The summed E-state index contributed by atoms with van der Waals surface area (Å²) in [7, 11) is 0. The van der Waals surface area contributed by atoms with Crippen molar-refractivity contribution in [3.63, 3.8) is 0 Å².